The second-order valence-electron chi connectivity index (χ2n) is 4.61. The summed E-state index contributed by atoms with van der Waals surface area (Å²) in [4.78, 5) is 15.5. The van der Waals surface area contributed by atoms with Crippen molar-refractivity contribution in [2.75, 3.05) is 6.61 Å². The number of nitrogens with zero attached hydrogens (tertiary/aromatic N) is 1. The van der Waals surface area contributed by atoms with Crippen LogP contribution < -0.4 is 0 Å². The molecule has 1 aliphatic rings. The van der Waals surface area contributed by atoms with Gasteiger partial charge in [-0.2, -0.15) is 0 Å². The molecular weight excluding hydrogens is 242 g/mol. The smallest absolute Gasteiger partial charge is 0.394 e. The highest BCUT2D eigenvalue weighted by molar-refractivity contribution is 5.84. The Bertz CT molecular complexity index is 599. The molecule has 0 unspecified atom stereocenters. The standard InChI is InChI=1S/C15H15NO3/c1-2-18-15(17)14-16-9-13(19-14)12-6-4-3-5-11(12)10-7-8-10/h3-6,9-10H,2,7-8H2,1H3. The molecule has 3 rings (SSSR count). The van der Waals surface area contributed by atoms with Gasteiger partial charge in [0.2, 0.25) is 0 Å². The third-order valence-corrected chi connectivity index (χ3v) is 3.20. The summed E-state index contributed by atoms with van der Waals surface area (Å²) in [7, 11) is 0. The van der Waals surface area contributed by atoms with Gasteiger partial charge in [0.25, 0.3) is 0 Å². The molecule has 0 N–H and O–H groups in total. The zero-order chi connectivity index (χ0) is 13.2. The van der Waals surface area contributed by atoms with Gasteiger partial charge in [0.05, 0.1) is 12.8 Å². The third kappa shape index (κ3) is 2.38. The number of aromatic nitrogens is 1. The van der Waals surface area contributed by atoms with Gasteiger partial charge in [-0.15, -0.1) is 0 Å². The Balaban J connectivity index is 1.92. The maximum Gasteiger partial charge on any atom is 0.394 e. The Morgan fingerprint density at radius 2 is 2.21 bits per heavy atom. The molecule has 2 aromatic rings. The average molecular weight is 257 g/mol. The summed E-state index contributed by atoms with van der Waals surface area (Å²) in [5, 5.41) is 0. The van der Waals surface area contributed by atoms with Gasteiger partial charge in [0.1, 0.15) is 0 Å². The van der Waals surface area contributed by atoms with E-state index >= 15 is 0 Å². The molecule has 0 bridgehead atoms. The second-order valence-corrected chi connectivity index (χ2v) is 4.61. The Hall–Kier alpha value is -2.10. The van der Waals surface area contributed by atoms with Crippen LogP contribution in [0.2, 0.25) is 0 Å². The zero-order valence-corrected chi connectivity index (χ0v) is 10.8. The van der Waals surface area contributed by atoms with Crippen LogP contribution in [-0.4, -0.2) is 17.6 Å². The number of benzene rings is 1. The molecule has 1 fully saturated rings. The first kappa shape index (κ1) is 12.0. The number of oxazole rings is 1. The predicted molar refractivity (Wildman–Crippen MR) is 69.9 cm³/mol. The van der Waals surface area contributed by atoms with Crippen LogP contribution in [0.15, 0.2) is 34.9 Å². The molecule has 4 nitrogen and oxygen atoms in total. The monoisotopic (exact) mass is 257 g/mol. The van der Waals surface area contributed by atoms with Gasteiger partial charge in [-0.05, 0) is 31.2 Å². The summed E-state index contributed by atoms with van der Waals surface area (Å²) < 4.78 is 10.4. The summed E-state index contributed by atoms with van der Waals surface area (Å²) in [6.45, 7) is 2.07. The molecule has 0 amide bonds. The minimum atomic E-state index is -0.516. The van der Waals surface area contributed by atoms with Gasteiger partial charge < -0.3 is 9.15 Å². The van der Waals surface area contributed by atoms with E-state index in [-0.39, 0.29) is 5.89 Å². The van der Waals surface area contributed by atoms with Crippen molar-refractivity contribution < 1.29 is 13.9 Å². The zero-order valence-electron chi connectivity index (χ0n) is 10.8. The van der Waals surface area contributed by atoms with Gasteiger partial charge in [-0.1, -0.05) is 24.3 Å². The fourth-order valence-electron chi connectivity index (χ4n) is 2.16. The Kier molecular flexibility index (Phi) is 3.07. The van der Waals surface area contributed by atoms with Crippen LogP contribution in [0.4, 0.5) is 0 Å². The van der Waals surface area contributed by atoms with E-state index in [0.29, 0.717) is 18.3 Å². The molecule has 0 saturated heterocycles. The quantitative estimate of drug-likeness (QED) is 0.788. The van der Waals surface area contributed by atoms with Crippen LogP contribution in [0, 0.1) is 0 Å². The van der Waals surface area contributed by atoms with Crippen molar-refractivity contribution in [2.24, 2.45) is 0 Å². The Morgan fingerprint density at radius 1 is 1.42 bits per heavy atom. The lowest BCUT2D eigenvalue weighted by Gasteiger charge is -2.04. The highest BCUT2D eigenvalue weighted by atomic mass is 16.5. The summed E-state index contributed by atoms with van der Waals surface area (Å²) in [6.07, 6.45) is 4.03. The minimum absolute atomic E-state index is 0.0162. The number of ether oxygens (including phenoxy) is 1. The molecular formula is C15H15NO3. The summed E-state index contributed by atoms with van der Waals surface area (Å²) >= 11 is 0. The first-order valence-corrected chi connectivity index (χ1v) is 6.52. The molecule has 1 aromatic carbocycles. The van der Waals surface area contributed by atoms with E-state index < -0.39 is 5.97 Å². The summed E-state index contributed by atoms with van der Waals surface area (Å²) in [5.74, 6) is 0.748. The highest BCUT2D eigenvalue weighted by Gasteiger charge is 2.27. The number of hydrogen-bond donors (Lipinski definition) is 0. The SMILES string of the molecule is CCOC(=O)c1ncc(-c2ccccc2C2CC2)o1. The lowest BCUT2D eigenvalue weighted by Crippen LogP contribution is -2.04. The Morgan fingerprint density at radius 3 is 2.95 bits per heavy atom. The van der Waals surface area contributed by atoms with Crippen LogP contribution in [0.5, 0.6) is 0 Å². The van der Waals surface area contributed by atoms with Crippen molar-refractivity contribution in [3.63, 3.8) is 0 Å². The van der Waals surface area contributed by atoms with Crippen LogP contribution in [0.25, 0.3) is 11.3 Å². The van der Waals surface area contributed by atoms with E-state index in [1.165, 1.54) is 18.4 Å². The molecule has 1 saturated carbocycles. The van der Waals surface area contributed by atoms with Gasteiger partial charge in [-0.25, -0.2) is 9.78 Å². The molecule has 4 heteroatoms. The number of rotatable bonds is 4. The molecule has 0 aliphatic heterocycles. The van der Waals surface area contributed by atoms with Crippen molar-refractivity contribution in [3.8, 4) is 11.3 Å². The second kappa shape index (κ2) is 4.88. The Labute approximate surface area is 111 Å². The number of carbonyl (C=O) groups excluding carboxylic acids is 1. The van der Waals surface area contributed by atoms with Crippen LogP contribution >= 0.6 is 0 Å². The summed E-state index contributed by atoms with van der Waals surface area (Å²) in [6, 6.07) is 8.11. The van der Waals surface area contributed by atoms with Crippen LogP contribution in [0.1, 0.15) is 41.9 Å². The van der Waals surface area contributed by atoms with Crippen LogP contribution in [-0.2, 0) is 4.74 Å². The first-order valence-electron chi connectivity index (χ1n) is 6.52. The molecule has 1 heterocycles. The van der Waals surface area contributed by atoms with Gasteiger partial charge in [0.15, 0.2) is 5.76 Å². The van der Waals surface area contributed by atoms with Crippen molar-refractivity contribution in [1.82, 2.24) is 4.98 Å². The number of esters is 1. The van der Waals surface area contributed by atoms with Crippen molar-refractivity contribution in [3.05, 3.63) is 41.9 Å². The van der Waals surface area contributed by atoms with E-state index in [4.69, 9.17) is 9.15 Å². The lowest BCUT2D eigenvalue weighted by molar-refractivity contribution is 0.0482. The minimum Gasteiger partial charge on any atom is -0.459 e. The molecule has 19 heavy (non-hydrogen) atoms. The highest BCUT2D eigenvalue weighted by Crippen LogP contribution is 2.44. The predicted octanol–water partition coefficient (Wildman–Crippen LogP) is 3.40. The largest absolute Gasteiger partial charge is 0.459 e. The first-order chi connectivity index (χ1) is 9.29. The maximum absolute atomic E-state index is 11.5. The molecule has 98 valence electrons. The third-order valence-electron chi connectivity index (χ3n) is 3.20. The molecule has 0 radical (unpaired) electrons. The van der Waals surface area contributed by atoms with E-state index in [1.807, 2.05) is 18.2 Å². The van der Waals surface area contributed by atoms with Crippen molar-refractivity contribution in [1.29, 1.82) is 0 Å². The summed E-state index contributed by atoms with van der Waals surface area (Å²) in [5.41, 5.74) is 2.29. The van der Waals surface area contributed by atoms with E-state index in [1.54, 1.807) is 13.1 Å². The average Bonchev–Trinajstić information content (AvgIpc) is 3.16. The fourth-order valence-corrected chi connectivity index (χ4v) is 2.16. The topological polar surface area (TPSA) is 52.3 Å². The molecule has 0 atom stereocenters. The van der Waals surface area contributed by atoms with Crippen LogP contribution in [0.3, 0.4) is 0 Å². The maximum atomic E-state index is 11.5. The van der Waals surface area contributed by atoms with E-state index in [9.17, 15) is 4.79 Å². The lowest BCUT2D eigenvalue weighted by atomic mass is 10.0. The molecule has 1 aromatic heterocycles. The van der Waals surface area contributed by atoms with Gasteiger partial charge in [0, 0.05) is 5.56 Å². The molecule has 1 aliphatic carbocycles. The van der Waals surface area contributed by atoms with E-state index in [2.05, 4.69) is 11.1 Å². The van der Waals surface area contributed by atoms with Gasteiger partial charge in [-0.3, -0.25) is 0 Å². The molecule has 0 spiro atoms. The van der Waals surface area contributed by atoms with Crippen molar-refractivity contribution in [2.45, 2.75) is 25.7 Å². The number of carbonyl (C=O) groups is 1. The van der Waals surface area contributed by atoms with Gasteiger partial charge >= 0.3 is 11.9 Å². The van der Waals surface area contributed by atoms with E-state index in [0.717, 1.165) is 5.56 Å². The van der Waals surface area contributed by atoms with Crippen molar-refractivity contribution >= 4 is 5.97 Å². The number of hydrogen-bond acceptors (Lipinski definition) is 4. The normalized spacial score (nSPS) is 14.4. The fraction of sp³-hybridized carbons (Fsp3) is 0.333.